The number of amides is 2. The second-order valence-corrected chi connectivity index (χ2v) is 8.05. The number of oxazole rings is 1. The van der Waals surface area contributed by atoms with Crippen LogP contribution in [-0.2, 0) is 4.79 Å². The number of pyridine rings is 1. The van der Waals surface area contributed by atoms with E-state index in [1.54, 1.807) is 12.4 Å². The molecule has 2 aromatic rings. The fourth-order valence-electron chi connectivity index (χ4n) is 4.31. The van der Waals surface area contributed by atoms with Crippen molar-refractivity contribution < 1.29 is 14.0 Å². The third-order valence-electron chi connectivity index (χ3n) is 5.89. The normalized spacial score (nSPS) is 23.1. The van der Waals surface area contributed by atoms with Crippen molar-refractivity contribution in [3.63, 3.8) is 0 Å². The van der Waals surface area contributed by atoms with E-state index in [2.05, 4.69) is 25.1 Å². The van der Waals surface area contributed by atoms with Crippen LogP contribution >= 0.6 is 0 Å². The maximum absolute atomic E-state index is 13.2. The van der Waals surface area contributed by atoms with E-state index in [1.165, 1.54) is 12.6 Å². The van der Waals surface area contributed by atoms with Crippen molar-refractivity contribution in [1.29, 1.82) is 0 Å². The smallest absolute Gasteiger partial charge is 0.288 e. The van der Waals surface area contributed by atoms with Crippen LogP contribution in [0.25, 0.3) is 0 Å². The summed E-state index contributed by atoms with van der Waals surface area (Å²) in [7, 11) is 2.00. The molecule has 9 heteroatoms. The number of hydrogen-bond donors (Lipinski definition) is 1. The molecule has 9 nitrogen and oxygen atoms in total. The molecular weight excluding hydrogens is 384 g/mol. The molecule has 2 fully saturated rings. The third kappa shape index (κ3) is 4.79. The maximum Gasteiger partial charge on any atom is 0.288 e. The number of piperazine rings is 1. The molecule has 2 aliphatic rings. The molecule has 2 amide bonds. The molecule has 2 aliphatic heterocycles. The van der Waals surface area contributed by atoms with Gasteiger partial charge < -0.3 is 24.4 Å². The van der Waals surface area contributed by atoms with Crippen LogP contribution < -0.4 is 10.2 Å². The van der Waals surface area contributed by atoms with Crippen molar-refractivity contribution in [3.8, 4) is 0 Å². The lowest BCUT2D eigenvalue weighted by Gasteiger charge is -2.37. The van der Waals surface area contributed by atoms with Crippen LogP contribution in [0.5, 0.6) is 0 Å². The Hall–Kier alpha value is -2.94. The average molecular weight is 412 g/mol. The van der Waals surface area contributed by atoms with Crippen molar-refractivity contribution in [2.45, 2.75) is 18.9 Å². The summed E-state index contributed by atoms with van der Waals surface area (Å²) in [5.74, 6) is 0.123. The molecule has 0 unspecified atom stereocenters. The highest BCUT2D eigenvalue weighted by Crippen LogP contribution is 2.21. The van der Waals surface area contributed by atoms with E-state index in [4.69, 9.17) is 4.42 Å². The van der Waals surface area contributed by atoms with Gasteiger partial charge in [-0.3, -0.25) is 14.6 Å². The van der Waals surface area contributed by atoms with Gasteiger partial charge in [0.05, 0.1) is 12.1 Å². The summed E-state index contributed by atoms with van der Waals surface area (Å²) in [6.45, 7) is 4.53. The lowest BCUT2D eigenvalue weighted by Crippen LogP contribution is -2.51. The fourth-order valence-corrected chi connectivity index (χ4v) is 4.31. The molecule has 0 aliphatic carbocycles. The number of hydrogen-bond acceptors (Lipinski definition) is 7. The third-order valence-corrected chi connectivity index (χ3v) is 5.89. The van der Waals surface area contributed by atoms with Crippen molar-refractivity contribution >= 4 is 17.5 Å². The molecule has 4 rings (SSSR count). The second-order valence-electron chi connectivity index (χ2n) is 8.05. The first-order valence-corrected chi connectivity index (χ1v) is 10.4. The second kappa shape index (κ2) is 9.25. The van der Waals surface area contributed by atoms with Crippen LogP contribution in [0.2, 0.25) is 0 Å². The lowest BCUT2D eigenvalue weighted by atomic mass is 9.99. The van der Waals surface area contributed by atoms with E-state index >= 15 is 0 Å². The minimum atomic E-state index is -0.261. The summed E-state index contributed by atoms with van der Waals surface area (Å²) in [6.07, 6.45) is 7.77. The molecule has 2 aromatic heterocycles. The molecule has 30 heavy (non-hydrogen) atoms. The quantitative estimate of drug-likeness (QED) is 0.796. The zero-order chi connectivity index (χ0) is 20.9. The summed E-state index contributed by atoms with van der Waals surface area (Å²) >= 11 is 0. The van der Waals surface area contributed by atoms with E-state index < -0.39 is 0 Å². The Morgan fingerprint density at radius 1 is 1.07 bits per heavy atom. The van der Waals surface area contributed by atoms with Crippen LogP contribution in [0.3, 0.4) is 0 Å². The van der Waals surface area contributed by atoms with Crippen molar-refractivity contribution in [2.75, 3.05) is 51.2 Å². The van der Waals surface area contributed by atoms with Gasteiger partial charge >= 0.3 is 0 Å². The van der Waals surface area contributed by atoms with Gasteiger partial charge in [0.2, 0.25) is 11.7 Å². The first-order valence-electron chi connectivity index (χ1n) is 10.4. The van der Waals surface area contributed by atoms with Crippen LogP contribution in [0.1, 0.15) is 23.4 Å². The van der Waals surface area contributed by atoms with Gasteiger partial charge in [-0.2, -0.15) is 0 Å². The van der Waals surface area contributed by atoms with Crippen LogP contribution in [0.15, 0.2) is 41.5 Å². The molecule has 0 saturated carbocycles. The molecule has 1 N–H and O–H groups in total. The Bertz CT molecular complexity index is 836. The molecule has 160 valence electrons. The summed E-state index contributed by atoms with van der Waals surface area (Å²) in [5, 5.41) is 3.00. The first kappa shape index (κ1) is 20.3. The summed E-state index contributed by atoms with van der Waals surface area (Å²) in [5.41, 5.74) is 1.15. The number of rotatable bonds is 4. The highest BCUT2D eigenvalue weighted by Gasteiger charge is 2.32. The molecule has 0 aromatic carbocycles. The molecule has 0 bridgehead atoms. The monoisotopic (exact) mass is 412 g/mol. The Morgan fingerprint density at radius 3 is 2.53 bits per heavy atom. The number of aromatic nitrogens is 2. The van der Waals surface area contributed by atoms with Gasteiger partial charge in [0.1, 0.15) is 0 Å². The summed E-state index contributed by atoms with van der Waals surface area (Å²) in [6, 6.07) is 3.99. The Morgan fingerprint density at radius 2 is 1.83 bits per heavy atom. The molecule has 0 radical (unpaired) electrons. The van der Waals surface area contributed by atoms with E-state index in [0.29, 0.717) is 13.1 Å². The first-order chi connectivity index (χ1) is 14.6. The van der Waals surface area contributed by atoms with Gasteiger partial charge in [0, 0.05) is 63.4 Å². The summed E-state index contributed by atoms with van der Waals surface area (Å²) in [4.78, 5) is 39.7. The van der Waals surface area contributed by atoms with E-state index in [0.717, 1.165) is 44.7 Å². The van der Waals surface area contributed by atoms with Gasteiger partial charge in [0.15, 0.2) is 6.39 Å². The standard InChI is InChI=1S/C21H28N6O3/c1-25-13-16(2-3-17(14-25)24-20(28)19-12-23-15-30-19)21(29)27-10-8-26(9-11-27)18-4-6-22-7-5-18/h4-7,12,15-17H,2-3,8-11,13-14H2,1H3,(H,24,28)/t16-,17+/m1/s1. The summed E-state index contributed by atoms with van der Waals surface area (Å²) < 4.78 is 5.07. The maximum atomic E-state index is 13.2. The number of carbonyl (C=O) groups is 2. The van der Waals surface area contributed by atoms with Crippen LogP contribution in [-0.4, -0.2) is 83.9 Å². The number of nitrogens with one attached hydrogen (secondary N) is 1. The number of carbonyl (C=O) groups excluding carboxylic acids is 2. The van der Waals surface area contributed by atoms with E-state index in [9.17, 15) is 9.59 Å². The van der Waals surface area contributed by atoms with Gasteiger partial charge in [-0.15, -0.1) is 0 Å². The van der Waals surface area contributed by atoms with Crippen molar-refractivity contribution in [3.05, 3.63) is 42.9 Å². The van der Waals surface area contributed by atoms with E-state index in [-0.39, 0.29) is 29.5 Å². The highest BCUT2D eigenvalue weighted by atomic mass is 16.3. The largest absolute Gasteiger partial charge is 0.438 e. The lowest BCUT2D eigenvalue weighted by molar-refractivity contribution is -0.136. The van der Waals surface area contributed by atoms with Gasteiger partial charge in [-0.25, -0.2) is 4.98 Å². The molecule has 2 atom stereocenters. The topological polar surface area (TPSA) is 94.8 Å². The van der Waals surface area contributed by atoms with Crippen LogP contribution in [0.4, 0.5) is 5.69 Å². The Kier molecular flexibility index (Phi) is 6.27. The zero-order valence-electron chi connectivity index (χ0n) is 17.2. The fraction of sp³-hybridized carbons (Fsp3) is 0.524. The number of likely N-dealkylation sites (tertiary alicyclic amines) is 1. The average Bonchev–Trinajstić information content (AvgIpc) is 3.25. The van der Waals surface area contributed by atoms with E-state index in [1.807, 2.05) is 24.1 Å². The zero-order valence-corrected chi connectivity index (χ0v) is 17.2. The molecule has 2 saturated heterocycles. The molecular formula is C21H28N6O3. The number of anilines is 1. The van der Waals surface area contributed by atoms with Gasteiger partial charge in [-0.05, 0) is 32.0 Å². The van der Waals surface area contributed by atoms with Gasteiger partial charge in [0.25, 0.3) is 5.91 Å². The molecule has 0 spiro atoms. The van der Waals surface area contributed by atoms with Gasteiger partial charge in [-0.1, -0.05) is 0 Å². The number of likely N-dealkylation sites (N-methyl/N-ethyl adjacent to an activating group) is 1. The van der Waals surface area contributed by atoms with Crippen molar-refractivity contribution in [1.82, 2.24) is 25.1 Å². The molecule has 4 heterocycles. The number of nitrogens with zero attached hydrogens (tertiary/aromatic N) is 5. The van der Waals surface area contributed by atoms with Crippen molar-refractivity contribution in [2.24, 2.45) is 5.92 Å². The Labute approximate surface area is 176 Å². The minimum Gasteiger partial charge on any atom is -0.438 e. The van der Waals surface area contributed by atoms with Crippen LogP contribution in [0, 0.1) is 5.92 Å². The predicted molar refractivity (Wildman–Crippen MR) is 111 cm³/mol. The highest BCUT2D eigenvalue weighted by molar-refractivity contribution is 5.91. The predicted octanol–water partition coefficient (Wildman–Crippen LogP) is 0.859. The Balaban J connectivity index is 1.30. The minimum absolute atomic E-state index is 0.0195. The SMILES string of the molecule is CN1C[C@@H](NC(=O)c2cnco2)CC[C@@H](C(=O)N2CCN(c3ccncc3)CC2)C1.